The van der Waals surface area contributed by atoms with Crippen LogP contribution in [0.4, 0.5) is 4.39 Å². The normalized spacial score (nSPS) is 14.7. The Morgan fingerprint density at radius 2 is 1.57 bits per heavy atom. The summed E-state index contributed by atoms with van der Waals surface area (Å²) < 4.78 is 45.7. The first kappa shape index (κ1) is 24.7. The largest absolute Gasteiger partial charge is 0.378 e. The zero-order valence-corrected chi connectivity index (χ0v) is 19.6. The van der Waals surface area contributed by atoms with Crippen LogP contribution in [0.25, 0.3) is 0 Å². The van der Waals surface area contributed by atoms with Crippen LogP contribution in [-0.2, 0) is 32.4 Å². The molecule has 1 amide bonds. The lowest BCUT2D eigenvalue weighted by Gasteiger charge is -2.26. The second-order valence-corrected chi connectivity index (χ2v) is 10.1. The Hall–Kier alpha value is -3.40. The molecule has 35 heavy (non-hydrogen) atoms. The lowest BCUT2D eigenvalue weighted by Crippen LogP contribution is -2.48. The van der Waals surface area contributed by atoms with Gasteiger partial charge < -0.3 is 10.1 Å². The van der Waals surface area contributed by atoms with Crippen LogP contribution >= 0.6 is 0 Å². The Labute approximate surface area is 203 Å². The van der Waals surface area contributed by atoms with Gasteiger partial charge in [-0.2, -0.15) is 0 Å². The smallest absolute Gasteiger partial charge is 0.251 e. The van der Waals surface area contributed by atoms with Gasteiger partial charge in [-0.25, -0.2) is 17.5 Å². The lowest BCUT2D eigenvalue weighted by atomic mass is 9.97. The van der Waals surface area contributed by atoms with Gasteiger partial charge in [-0.15, -0.1) is 0 Å². The van der Waals surface area contributed by atoms with E-state index >= 15 is 0 Å². The molecule has 1 aliphatic rings. The van der Waals surface area contributed by atoms with Crippen molar-refractivity contribution >= 4 is 21.7 Å². The maximum atomic E-state index is 13.2. The van der Waals surface area contributed by atoms with E-state index in [1.165, 1.54) is 36.4 Å². The van der Waals surface area contributed by atoms with Crippen LogP contribution in [0.3, 0.4) is 0 Å². The van der Waals surface area contributed by atoms with E-state index < -0.39 is 27.8 Å². The molecule has 0 unspecified atom stereocenters. The van der Waals surface area contributed by atoms with Crippen molar-refractivity contribution in [1.29, 1.82) is 0 Å². The summed E-state index contributed by atoms with van der Waals surface area (Å²) in [4.78, 5) is 26.0. The van der Waals surface area contributed by atoms with Gasteiger partial charge in [0.05, 0.1) is 30.2 Å². The molecule has 0 radical (unpaired) electrons. The number of carbonyl (C=O) groups is 2. The molecule has 1 fully saturated rings. The van der Waals surface area contributed by atoms with Crippen molar-refractivity contribution in [1.82, 2.24) is 10.0 Å². The van der Waals surface area contributed by atoms with Gasteiger partial charge in [-0.1, -0.05) is 42.5 Å². The highest BCUT2D eigenvalue weighted by atomic mass is 32.2. The van der Waals surface area contributed by atoms with Crippen molar-refractivity contribution in [2.75, 3.05) is 13.2 Å². The van der Waals surface area contributed by atoms with Crippen LogP contribution in [0.5, 0.6) is 0 Å². The number of carbonyl (C=O) groups excluding carboxylic acids is 2. The Kier molecular flexibility index (Phi) is 7.70. The maximum Gasteiger partial charge on any atom is 0.251 e. The van der Waals surface area contributed by atoms with Gasteiger partial charge in [0.25, 0.3) is 5.91 Å². The van der Waals surface area contributed by atoms with E-state index in [-0.39, 0.29) is 35.1 Å². The quantitative estimate of drug-likeness (QED) is 0.449. The molecule has 7 nitrogen and oxygen atoms in total. The van der Waals surface area contributed by atoms with Crippen LogP contribution in [0.1, 0.15) is 21.5 Å². The highest BCUT2D eigenvalue weighted by molar-refractivity contribution is 7.89. The summed E-state index contributed by atoms with van der Waals surface area (Å²) in [6.07, 6.45) is 0.290. The molecule has 9 heteroatoms. The number of rotatable bonds is 10. The fraction of sp³-hybridized carbons (Fsp3) is 0.231. The summed E-state index contributed by atoms with van der Waals surface area (Å²) in [7, 11) is -3.67. The fourth-order valence-corrected chi connectivity index (χ4v) is 4.85. The Morgan fingerprint density at radius 3 is 2.17 bits per heavy atom. The van der Waals surface area contributed by atoms with E-state index in [0.29, 0.717) is 18.8 Å². The van der Waals surface area contributed by atoms with Crippen LogP contribution in [0.15, 0.2) is 83.8 Å². The number of hydrogen-bond acceptors (Lipinski definition) is 5. The third-order valence-electron chi connectivity index (χ3n) is 5.65. The van der Waals surface area contributed by atoms with E-state index in [4.69, 9.17) is 4.74 Å². The van der Waals surface area contributed by atoms with E-state index in [1.54, 1.807) is 12.1 Å². The molecule has 2 N–H and O–H groups in total. The lowest BCUT2D eigenvalue weighted by molar-refractivity contribution is -0.120. The molecule has 182 valence electrons. The summed E-state index contributed by atoms with van der Waals surface area (Å²) in [5, 5.41) is 2.76. The number of Topliss-reactive ketones (excluding diaryl/α,β-unsaturated/α-hetero) is 1. The van der Waals surface area contributed by atoms with E-state index in [0.717, 1.165) is 5.56 Å². The zero-order valence-electron chi connectivity index (χ0n) is 18.8. The van der Waals surface area contributed by atoms with Gasteiger partial charge in [0.15, 0.2) is 5.78 Å². The van der Waals surface area contributed by atoms with Crippen LogP contribution in [0.2, 0.25) is 0 Å². The molecule has 1 atom stereocenters. The van der Waals surface area contributed by atoms with Gasteiger partial charge >= 0.3 is 0 Å². The van der Waals surface area contributed by atoms with Gasteiger partial charge in [0.2, 0.25) is 10.0 Å². The minimum atomic E-state index is -3.67. The molecule has 1 heterocycles. The van der Waals surface area contributed by atoms with E-state index in [9.17, 15) is 22.4 Å². The third-order valence-corrected chi connectivity index (χ3v) is 7.19. The van der Waals surface area contributed by atoms with Crippen molar-refractivity contribution in [2.24, 2.45) is 0 Å². The van der Waals surface area contributed by atoms with Gasteiger partial charge in [-0.05, 0) is 53.9 Å². The SMILES string of the molecule is O=C(N[C@@H](Cc1ccccc1)C(=O)Cc1ccc(S(=O)(=O)NC2COC2)cc1)c1ccc(F)cc1. The molecule has 4 rings (SSSR count). The van der Waals surface area contributed by atoms with Crippen molar-refractivity contribution < 1.29 is 27.1 Å². The zero-order chi connectivity index (χ0) is 24.8. The molecule has 0 spiro atoms. The topological polar surface area (TPSA) is 102 Å². The van der Waals surface area contributed by atoms with Crippen molar-refractivity contribution in [3.63, 3.8) is 0 Å². The first-order valence-electron chi connectivity index (χ1n) is 11.1. The molecule has 0 aromatic heterocycles. The standard InChI is InChI=1S/C26H25FN2O5S/c27-21-10-8-20(9-11-21)26(31)28-24(14-18-4-2-1-3-5-18)25(30)15-19-6-12-23(13-7-19)35(32,33)29-22-16-34-17-22/h1-13,22,24,29H,14-17H2,(H,28,31)/t24-/m0/s1. The molecule has 1 aliphatic heterocycles. The fourth-order valence-electron chi connectivity index (χ4n) is 3.64. The molecule has 3 aromatic rings. The molecule has 0 aliphatic carbocycles. The Balaban J connectivity index is 1.47. The number of hydrogen-bond donors (Lipinski definition) is 2. The maximum absolute atomic E-state index is 13.2. The summed E-state index contributed by atoms with van der Waals surface area (Å²) in [6.45, 7) is 0.691. The highest BCUT2D eigenvalue weighted by Gasteiger charge is 2.26. The summed E-state index contributed by atoms with van der Waals surface area (Å²) in [5.74, 6) is -1.17. The highest BCUT2D eigenvalue weighted by Crippen LogP contribution is 2.15. The van der Waals surface area contributed by atoms with E-state index in [2.05, 4.69) is 10.0 Å². The first-order valence-corrected chi connectivity index (χ1v) is 12.6. The molecule has 0 bridgehead atoms. The molecular weight excluding hydrogens is 471 g/mol. The van der Waals surface area contributed by atoms with Crippen molar-refractivity contribution in [3.8, 4) is 0 Å². The van der Waals surface area contributed by atoms with Gasteiger partial charge in [0.1, 0.15) is 5.82 Å². The number of sulfonamides is 1. The van der Waals surface area contributed by atoms with Crippen LogP contribution < -0.4 is 10.0 Å². The second kappa shape index (κ2) is 10.9. The average Bonchev–Trinajstić information content (AvgIpc) is 2.82. The number of amides is 1. The van der Waals surface area contributed by atoms with Crippen LogP contribution in [0, 0.1) is 5.82 Å². The number of halogens is 1. The van der Waals surface area contributed by atoms with Crippen LogP contribution in [-0.4, -0.2) is 45.4 Å². The minimum absolute atomic E-state index is 0.00538. The molecule has 1 saturated heterocycles. The first-order chi connectivity index (χ1) is 16.8. The number of benzene rings is 3. The summed E-state index contributed by atoms with van der Waals surface area (Å²) >= 11 is 0. The van der Waals surface area contributed by atoms with Crippen molar-refractivity contribution in [2.45, 2.75) is 29.8 Å². The monoisotopic (exact) mass is 496 g/mol. The molecule has 3 aromatic carbocycles. The number of ether oxygens (including phenoxy) is 1. The summed E-state index contributed by atoms with van der Waals surface area (Å²) in [6, 6.07) is 19.4. The Bertz CT molecular complexity index is 1280. The average molecular weight is 497 g/mol. The summed E-state index contributed by atoms with van der Waals surface area (Å²) in [5.41, 5.74) is 1.74. The predicted molar refractivity (Wildman–Crippen MR) is 128 cm³/mol. The van der Waals surface area contributed by atoms with Gasteiger partial charge in [0, 0.05) is 12.0 Å². The van der Waals surface area contributed by atoms with E-state index in [1.807, 2.05) is 30.3 Å². The number of nitrogens with one attached hydrogen (secondary N) is 2. The molecular formula is C26H25FN2O5S. The predicted octanol–water partition coefficient (Wildman–Crippen LogP) is 2.66. The second-order valence-electron chi connectivity index (χ2n) is 8.37. The van der Waals surface area contributed by atoms with Crippen molar-refractivity contribution in [3.05, 3.63) is 101 Å². The molecule has 0 saturated carbocycles. The Morgan fingerprint density at radius 1 is 0.914 bits per heavy atom. The minimum Gasteiger partial charge on any atom is -0.378 e. The number of ketones is 1. The van der Waals surface area contributed by atoms with Gasteiger partial charge in [-0.3, -0.25) is 9.59 Å². The third kappa shape index (κ3) is 6.60.